The van der Waals surface area contributed by atoms with Gasteiger partial charge < -0.3 is 0 Å². The topological polar surface area (TPSA) is 50.2 Å². The van der Waals surface area contributed by atoms with Crippen molar-refractivity contribution in [2.75, 3.05) is 5.43 Å². The summed E-state index contributed by atoms with van der Waals surface area (Å²) >= 11 is 3.57. The minimum absolute atomic E-state index is 0.0532. The van der Waals surface area contributed by atoms with Crippen LogP contribution in [0.5, 0.6) is 0 Å². The van der Waals surface area contributed by atoms with Gasteiger partial charge in [0, 0.05) is 15.4 Å². The summed E-state index contributed by atoms with van der Waals surface area (Å²) in [5.74, 6) is 0.466. The molecular formula is C29H31BrN4. The molecule has 0 bridgehead atoms. The zero-order chi connectivity index (χ0) is 24.5. The monoisotopic (exact) mass is 514 g/mol. The number of aromatic nitrogens is 2. The number of anilines is 1. The van der Waals surface area contributed by atoms with Crippen molar-refractivity contribution in [3.63, 3.8) is 0 Å². The number of nitrogens with one attached hydrogen (secondary N) is 1. The van der Waals surface area contributed by atoms with E-state index in [1.165, 1.54) is 11.1 Å². The van der Waals surface area contributed by atoms with Gasteiger partial charge >= 0.3 is 0 Å². The number of rotatable bonds is 4. The molecule has 0 radical (unpaired) electrons. The first-order chi connectivity index (χ1) is 16.0. The molecule has 4 aromatic rings. The van der Waals surface area contributed by atoms with Crippen molar-refractivity contribution >= 4 is 39.0 Å². The normalized spacial score (nSPS) is 12.4. The number of hydrazone groups is 1. The van der Waals surface area contributed by atoms with Crippen LogP contribution in [0, 0.1) is 0 Å². The molecule has 0 saturated heterocycles. The molecule has 0 amide bonds. The van der Waals surface area contributed by atoms with E-state index in [4.69, 9.17) is 9.97 Å². The maximum absolute atomic E-state index is 4.80. The molecule has 34 heavy (non-hydrogen) atoms. The van der Waals surface area contributed by atoms with Crippen LogP contribution in [0.3, 0.4) is 0 Å². The fourth-order valence-corrected chi connectivity index (χ4v) is 4.08. The quantitative estimate of drug-likeness (QED) is 0.221. The third kappa shape index (κ3) is 5.53. The molecule has 4 nitrogen and oxygen atoms in total. The van der Waals surface area contributed by atoms with E-state index in [9.17, 15) is 0 Å². The van der Waals surface area contributed by atoms with Crippen molar-refractivity contribution in [3.8, 4) is 11.3 Å². The van der Waals surface area contributed by atoms with Crippen molar-refractivity contribution in [3.05, 3.63) is 87.9 Å². The van der Waals surface area contributed by atoms with Crippen molar-refractivity contribution in [2.45, 2.75) is 52.4 Å². The first-order valence-corrected chi connectivity index (χ1v) is 12.3. The van der Waals surface area contributed by atoms with Crippen LogP contribution in [0.1, 0.15) is 58.2 Å². The van der Waals surface area contributed by atoms with Crippen LogP contribution in [0.4, 0.5) is 5.95 Å². The third-order valence-electron chi connectivity index (χ3n) is 5.77. The molecule has 4 rings (SSSR count). The Balaban J connectivity index is 1.70. The molecule has 0 aliphatic heterocycles. The van der Waals surface area contributed by atoms with Gasteiger partial charge in [-0.05, 0) is 57.9 Å². The highest BCUT2D eigenvalue weighted by molar-refractivity contribution is 9.10. The highest BCUT2D eigenvalue weighted by atomic mass is 79.9. The Morgan fingerprint density at radius 1 is 0.794 bits per heavy atom. The van der Waals surface area contributed by atoms with Gasteiger partial charge in [-0.25, -0.2) is 15.4 Å². The molecule has 0 atom stereocenters. The summed E-state index contributed by atoms with van der Waals surface area (Å²) in [6.07, 6.45) is 1.85. The fraction of sp³-hybridized carbons (Fsp3) is 0.276. The fourth-order valence-electron chi connectivity index (χ4n) is 3.72. The van der Waals surface area contributed by atoms with Crippen LogP contribution >= 0.6 is 15.9 Å². The van der Waals surface area contributed by atoms with E-state index < -0.39 is 0 Å². The van der Waals surface area contributed by atoms with Gasteiger partial charge in [-0.2, -0.15) is 5.10 Å². The molecule has 0 aliphatic carbocycles. The minimum Gasteiger partial charge on any atom is -0.245 e. The average Bonchev–Trinajstić information content (AvgIpc) is 2.78. The van der Waals surface area contributed by atoms with Crippen LogP contribution in [0.15, 0.2) is 76.3 Å². The number of halogens is 1. The Hall–Kier alpha value is -3.05. The highest BCUT2D eigenvalue weighted by Gasteiger charge is 2.20. The highest BCUT2D eigenvalue weighted by Crippen LogP contribution is 2.31. The molecule has 0 fully saturated rings. The van der Waals surface area contributed by atoms with E-state index in [1.807, 2.05) is 36.5 Å². The Labute approximate surface area is 210 Å². The number of nitrogens with zero attached hydrogens (tertiary/aromatic N) is 3. The molecule has 3 aromatic carbocycles. The minimum atomic E-state index is 0.0532. The van der Waals surface area contributed by atoms with Gasteiger partial charge in [0.05, 0.1) is 17.4 Å². The Kier molecular flexibility index (Phi) is 6.59. The van der Waals surface area contributed by atoms with Crippen molar-refractivity contribution in [2.24, 2.45) is 5.10 Å². The Morgan fingerprint density at radius 2 is 1.44 bits per heavy atom. The lowest BCUT2D eigenvalue weighted by atomic mass is 9.80. The van der Waals surface area contributed by atoms with Crippen LogP contribution < -0.4 is 5.43 Å². The van der Waals surface area contributed by atoms with Crippen molar-refractivity contribution in [1.29, 1.82) is 0 Å². The SMILES string of the molecule is CC(C)(C)c1cc(/C=N/Nc2nc(-c3ccccc3)c3cc(Br)ccc3n2)cc(C(C)(C)C)c1. The lowest BCUT2D eigenvalue weighted by molar-refractivity contribution is 0.568. The van der Waals surface area contributed by atoms with E-state index in [2.05, 4.69) is 104 Å². The molecular weight excluding hydrogens is 484 g/mol. The number of benzene rings is 3. The van der Waals surface area contributed by atoms with Gasteiger partial charge in [0.2, 0.25) is 5.95 Å². The predicted octanol–water partition coefficient (Wildman–Crippen LogP) is 8.10. The smallest absolute Gasteiger partial charge is 0.244 e. The number of hydrogen-bond donors (Lipinski definition) is 1. The van der Waals surface area contributed by atoms with Crippen LogP contribution in [-0.4, -0.2) is 16.2 Å². The molecule has 1 heterocycles. The average molecular weight is 515 g/mol. The molecule has 0 spiro atoms. The summed E-state index contributed by atoms with van der Waals surface area (Å²) < 4.78 is 0.993. The molecule has 0 aliphatic rings. The standard InChI is InChI=1S/C29H31BrN4/c1-28(2,3)21-14-19(15-22(16-21)29(4,5)6)18-31-34-27-32-25-13-12-23(30)17-24(25)26(33-27)20-10-8-7-9-11-20/h7-18H,1-6H3,(H,32,33,34)/b31-18+. The van der Waals surface area contributed by atoms with Gasteiger partial charge in [0.15, 0.2) is 0 Å². The van der Waals surface area contributed by atoms with Crippen molar-refractivity contribution < 1.29 is 0 Å². The molecule has 5 heteroatoms. The largest absolute Gasteiger partial charge is 0.245 e. The first-order valence-electron chi connectivity index (χ1n) is 11.5. The van der Waals surface area contributed by atoms with E-state index in [0.717, 1.165) is 32.2 Å². The maximum Gasteiger partial charge on any atom is 0.244 e. The zero-order valence-electron chi connectivity index (χ0n) is 20.6. The van der Waals surface area contributed by atoms with Gasteiger partial charge in [0.25, 0.3) is 0 Å². The Morgan fingerprint density at radius 3 is 2.06 bits per heavy atom. The van der Waals surface area contributed by atoms with E-state index in [1.54, 1.807) is 0 Å². The second kappa shape index (κ2) is 9.30. The van der Waals surface area contributed by atoms with E-state index in [0.29, 0.717) is 5.95 Å². The van der Waals surface area contributed by atoms with E-state index >= 15 is 0 Å². The van der Waals surface area contributed by atoms with Crippen LogP contribution in [0.2, 0.25) is 0 Å². The summed E-state index contributed by atoms with van der Waals surface area (Å²) in [4.78, 5) is 9.49. The van der Waals surface area contributed by atoms with Crippen LogP contribution in [0.25, 0.3) is 22.2 Å². The second-order valence-electron chi connectivity index (χ2n) is 10.6. The molecule has 1 aromatic heterocycles. The lowest BCUT2D eigenvalue weighted by Crippen LogP contribution is -2.17. The lowest BCUT2D eigenvalue weighted by Gasteiger charge is -2.25. The summed E-state index contributed by atoms with van der Waals surface area (Å²) in [5.41, 5.74) is 9.57. The third-order valence-corrected chi connectivity index (χ3v) is 6.26. The van der Waals surface area contributed by atoms with Gasteiger partial charge in [-0.15, -0.1) is 0 Å². The molecule has 0 unspecified atom stereocenters. The summed E-state index contributed by atoms with van der Waals surface area (Å²) in [7, 11) is 0. The van der Waals surface area contributed by atoms with Gasteiger partial charge in [-0.1, -0.05) is 93.9 Å². The maximum atomic E-state index is 4.80. The van der Waals surface area contributed by atoms with Gasteiger partial charge in [0.1, 0.15) is 0 Å². The number of hydrogen-bond acceptors (Lipinski definition) is 4. The summed E-state index contributed by atoms with van der Waals surface area (Å²) in [6.45, 7) is 13.4. The zero-order valence-corrected chi connectivity index (χ0v) is 22.2. The van der Waals surface area contributed by atoms with Crippen molar-refractivity contribution in [1.82, 2.24) is 9.97 Å². The molecule has 1 N–H and O–H groups in total. The summed E-state index contributed by atoms with van der Waals surface area (Å²) in [6, 6.07) is 22.9. The second-order valence-corrected chi connectivity index (χ2v) is 11.6. The Bertz CT molecular complexity index is 1310. The molecule has 174 valence electrons. The number of fused-ring (bicyclic) bond motifs is 1. The predicted molar refractivity (Wildman–Crippen MR) is 148 cm³/mol. The van der Waals surface area contributed by atoms with Crippen LogP contribution in [-0.2, 0) is 10.8 Å². The van der Waals surface area contributed by atoms with E-state index in [-0.39, 0.29) is 10.8 Å². The first kappa shape index (κ1) is 24.1. The summed E-state index contributed by atoms with van der Waals surface area (Å²) in [5, 5.41) is 5.50. The molecule has 0 saturated carbocycles. The van der Waals surface area contributed by atoms with Gasteiger partial charge in [-0.3, -0.25) is 0 Å².